The normalized spacial score (nSPS) is 19.5. The zero-order valence-electron chi connectivity index (χ0n) is 6.92. The van der Waals surface area contributed by atoms with Crippen molar-refractivity contribution in [1.82, 2.24) is 0 Å². The van der Waals surface area contributed by atoms with Gasteiger partial charge in [-0.2, -0.15) is 0 Å². The second kappa shape index (κ2) is 4.45. The lowest BCUT2D eigenvalue weighted by atomic mass is 10.0. The van der Waals surface area contributed by atoms with E-state index in [9.17, 15) is 8.96 Å². The molecule has 0 aromatic heterocycles. The van der Waals surface area contributed by atoms with Gasteiger partial charge in [-0.1, -0.05) is 0 Å². The first kappa shape index (κ1) is 13.0. The molecular formula is C5H12FO6P. The van der Waals surface area contributed by atoms with Crippen molar-refractivity contribution in [3.63, 3.8) is 0 Å². The Morgan fingerprint density at radius 2 is 2.08 bits per heavy atom. The van der Waals surface area contributed by atoms with E-state index < -0.39 is 32.8 Å². The van der Waals surface area contributed by atoms with Crippen LogP contribution in [0.3, 0.4) is 0 Å². The number of alkyl halides is 1. The minimum absolute atomic E-state index is 0.877. The molecule has 0 aliphatic heterocycles. The van der Waals surface area contributed by atoms with Crippen molar-refractivity contribution in [3.05, 3.63) is 0 Å². The monoisotopic (exact) mass is 218 g/mol. The van der Waals surface area contributed by atoms with Gasteiger partial charge in [0.2, 0.25) is 0 Å². The predicted molar refractivity (Wildman–Crippen MR) is 40.6 cm³/mol. The number of phosphoric ester groups is 1. The summed E-state index contributed by atoms with van der Waals surface area (Å²) in [5.74, 6) is 0. The molecule has 0 amide bonds. The second-order valence-corrected chi connectivity index (χ2v) is 3.98. The van der Waals surface area contributed by atoms with E-state index in [1.165, 1.54) is 0 Å². The van der Waals surface area contributed by atoms with E-state index in [1.54, 1.807) is 0 Å². The van der Waals surface area contributed by atoms with Gasteiger partial charge in [0.15, 0.2) is 5.67 Å². The standard InChI is InChI=1S/C5H12FO6P/c1-5(6,3-7)4(8)2-12-13(9,10)11/h4,7-8H,2-3H2,1H3,(H2,9,10,11)/t4-,5+/m1/s1. The van der Waals surface area contributed by atoms with Crippen LogP contribution in [0.1, 0.15) is 6.92 Å². The molecule has 0 saturated heterocycles. The van der Waals surface area contributed by atoms with Crippen LogP contribution in [0.15, 0.2) is 0 Å². The van der Waals surface area contributed by atoms with Crippen molar-refractivity contribution in [2.24, 2.45) is 0 Å². The molecule has 8 heteroatoms. The molecular weight excluding hydrogens is 206 g/mol. The predicted octanol–water partition coefficient (Wildman–Crippen LogP) is -0.823. The molecule has 6 nitrogen and oxygen atoms in total. The topological polar surface area (TPSA) is 107 Å². The molecule has 80 valence electrons. The van der Waals surface area contributed by atoms with Crippen LogP contribution in [0.25, 0.3) is 0 Å². The maximum atomic E-state index is 13.0. The van der Waals surface area contributed by atoms with Crippen molar-refractivity contribution in [1.29, 1.82) is 0 Å². The second-order valence-electron chi connectivity index (χ2n) is 2.74. The lowest BCUT2D eigenvalue weighted by molar-refractivity contribution is -0.0561. The van der Waals surface area contributed by atoms with E-state index in [2.05, 4.69) is 4.52 Å². The largest absolute Gasteiger partial charge is 0.469 e. The average Bonchev–Trinajstić information content (AvgIpc) is 1.98. The van der Waals surface area contributed by atoms with Crippen LogP contribution < -0.4 is 0 Å². The van der Waals surface area contributed by atoms with Gasteiger partial charge < -0.3 is 20.0 Å². The highest BCUT2D eigenvalue weighted by Crippen LogP contribution is 2.36. The number of hydrogen-bond donors (Lipinski definition) is 4. The molecule has 0 aliphatic carbocycles. The van der Waals surface area contributed by atoms with E-state index >= 15 is 0 Å². The van der Waals surface area contributed by atoms with Gasteiger partial charge in [0.1, 0.15) is 6.10 Å². The van der Waals surface area contributed by atoms with E-state index in [-0.39, 0.29) is 0 Å². The van der Waals surface area contributed by atoms with Gasteiger partial charge in [0, 0.05) is 0 Å². The molecule has 0 aromatic carbocycles. The first-order valence-electron chi connectivity index (χ1n) is 3.37. The third-order valence-corrected chi connectivity index (χ3v) is 1.89. The van der Waals surface area contributed by atoms with Crippen molar-refractivity contribution >= 4 is 7.82 Å². The van der Waals surface area contributed by atoms with Gasteiger partial charge in [-0.05, 0) is 6.92 Å². The van der Waals surface area contributed by atoms with Crippen LogP contribution in [0.5, 0.6) is 0 Å². The first-order valence-corrected chi connectivity index (χ1v) is 4.90. The summed E-state index contributed by atoms with van der Waals surface area (Å²) in [7, 11) is -4.71. The summed E-state index contributed by atoms with van der Waals surface area (Å²) < 4.78 is 26.9. The molecule has 0 radical (unpaired) electrons. The third kappa shape index (κ3) is 5.30. The molecule has 0 aliphatic rings. The molecule has 4 N–H and O–H groups in total. The lowest BCUT2D eigenvalue weighted by Crippen LogP contribution is -2.41. The first-order chi connectivity index (χ1) is 5.69. The van der Waals surface area contributed by atoms with Crippen molar-refractivity contribution in [2.45, 2.75) is 18.7 Å². The number of hydrogen-bond acceptors (Lipinski definition) is 4. The van der Waals surface area contributed by atoms with Crippen LogP contribution in [-0.2, 0) is 9.09 Å². The van der Waals surface area contributed by atoms with Gasteiger partial charge in [0.05, 0.1) is 13.2 Å². The summed E-state index contributed by atoms with van der Waals surface area (Å²) in [6.07, 6.45) is -1.79. The SMILES string of the molecule is C[C@](F)(CO)[C@H](O)COP(=O)(O)O. The molecule has 13 heavy (non-hydrogen) atoms. The molecule has 0 unspecified atom stereocenters. The Balaban J connectivity index is 4.02. The minimum Gasteiger partial charge on any atom is -0.393 e. The van der Waals surface area contributed by atoms with Crippen LogP contribution in [-0.4, -0.2) is 45.0 Å². The zero-order chi connectivity index (χ0) is 10.7. The smallest absolute Gasteiger partial charge is 0.393 e. The lowest BCUT2D eigenvalue weighted by Gasteiger charge is -2.23. The molecule has 0 heterocycles. The van der Waals surface area contributed by atoms with E-state index in [0.29, 0.717) is 0 Å². The zero-order valence-corrected chi connectivity index (χ0v) is 7.82. The van der Waals surface area contributed by atoms with E-state index in [4.69, 9.17) is 20.0 Å². The van der Waals surface area contributed by atoms with E-state index in [1.807, 2.05) is 0 Å². The highest BCUT2D eigenvalue weighted by Gasteiger charge is 2.33. The number of halogens is 1. The molecule has 0 fully saturated rings. The van der Waals surface area contributed by atoms with Crippen LogP contribution in [0, 0.1) is 0 Å². The fourth-order valence-electron chi connectivity index (χ4n) is 0.447. The third-order valence-electron chi connectivity index (χ3n) is 1.40. The highest BCUT2D eigenvalue weighted by atomic mass is 31.2. The maximum Gasteiger partial charge on any atom is 0.469 e. The Bertz CT molecular complexity index is 201. The van der Waals surface area contributed by atoms with Gasteiger partial charge in [-0.3, -0.25) is 4.52 Å². The molecule has 0 bridgehead atoms. The van der Waals surface area contributed by atoms with Crippen molar-refractivity contribution in [2.75, 3.05) is 13.2 Å². The Hall–Kier alpha value is -0.0400. The molecule has 0 rings (SSSR count). The summed E-state index contributed by atoms with van der Waals surface area (Å²) in [5, 5.41) is 17.3. The van der Waals surface area contributed by atoms with Gasteiger partial charge in [-0.15, -0.1) is 0 Å². The number of rotatable bonds is 5. The molecule has 0 spiro atoms. The number of aliphatic hydroxyl groups excluding tert-OH is 2. The van der Waals surface area contributed by atoms with Crippen molar-refractivity contribution < 1.29 is 33.5 Å². The number of phosphoric acid groups is 1. The average molecular weight is 218 g/mol. The Morgan fingerprint density at radius 3 is 2.38 bits per heavy atom. The van der Waals surface area contributed by atoms with Gasteiger partial charge in [-0.25, -0.2) is 8.96 Å². The Morgan fingerprint density at radius 1 is 1.62 bits per heavy atom. The summed E-state index contributed by atoms with van der Waals surface area (Å²) in [6, 6.07) is 0. The fourth-order valence-corrected chi connectivity index (χ4v) is 0.782. The molecule has 0 saturated carbocycles. The van der Waals surface area contributed by atoms with Crippen LogP contribution in [0.2, 0.25) is 0 Å². The maximum absolute atomic E-state index is 13.0. The summed E-state index contributed by atoms with van der Waals surface area (Å²) in [4.78, 5) is 16.4. The van der Waals surface area contributed by atoms with Crippen LogP contribution in [0.4, 0.5) is 4.39 Å². The summed E-state index contributed by atoms with van der Waals surface area (Å²) in [6.45, 7) is -0.947. The Labute approximate surface area is 74.2 Å². The van der Waals surface area contributed by atoms with Crippen molar-refractivity contribution in [3.8, 4) is 0 Å². The fraction of sp³-hybridized carbons (Fsp3) is 1.00. The Kier molecular flexibility index (Phi) is 4.44. The minimum atomic E-state index is -4.71. The quantitative estimate of drug-likeness (QED) is 0.449. The molecule has 2 atom stereocenters. The highest BCUT2D eigenvalue weighted by molar-refractivity contribution is 7.46. The van der Waals surface area contributed by atoms with Gasteiger partial charge in [0.25, 0.3) is 0 Å². The van der Waals surface area contributed by atoms with Crippen LogP contribution >= 0.6 is 7.82 Å². The van der Waals surface area contributed by atoms with Gasteiger partial charge >= 0.3 is 7.82 Å². The molecule has 0 aromatic rings. The van der Waals surface area contributed by atoms with E-state index in [0.717, 1.165) is 6.92 Å². The summed E-state index contributed by atoms with van der Waals surface area (Å²) >= 11 is 0. The summed E-state index contributed by atoms with van der Waals surface area (Å²) in [5.41, 5.74) is -2.34. The number of aliphatic hydroxyl groups is 2.